The first-order valence-electron chi connectivity index (χ1n) is 6.82. The lowest BCUT2D eigenvalue weighted by atomic mass is 9.84. The first-order chi connectivity index (χ1) is 9.73. The number of hydrogen-bond acceptors (Lipinski definition) is 3. The largest absolute Gasteiger partial charge is 0.481 e. The van der Waals surface area contributed by atoms with Crippen LogP contribution >= 0.6 is 0 Å². The number of urea groups is 1. The minimum Gasteiger partial charge on any atom is -0.481 e. The van der Waals surface area contributed by atoms with Crippen LogP contribution in [-0.2, 0) is 9.53 Å². The molecule has 0 saturated carbocycles. The van der Waals surface area contributed by atoms with Gasteiger partial charge in [0.1, 0.15) is 6.61 Å². The van der Waals surface area contributed by atoms with Gasteiger partial charge in [-0.25, -0.2) is 13.6 Å². The maximum absolute atomic E-state index is 11.8. The van der Waals surface area contributed by atoms with Gasteiger partial charge in [-0.15, -0.1) is 0 Å². The number of alkyl halides is 2. The lowest BCUT2D eigenvalue weighted by Gasteiger charge is -2.23. The number of nitrogens with one attached hydrogen (secondary N) is 2. The van der Waals surface area contributed by atoms with Crippen molar-refractivity contribution in [1.29, 1.82) is 0 Å². The van der Waals surface area contributed by atoms with Crippen molar-refractivity contribution in [2.75, 3.05) is 26.3 Å². The molecule has 0 atom stereocenters. The van der Waals surface area contributed by atoms with Crippen molar-refractivity contribution in [2.24, 2.45) is 5.41 Å². The van der Waals surface area contributed by atoms with Gasteiger partial charge in [0.05, 0.1) is 6.61 Å². The topological polar surface area (TPSA) is 87.7 Å². The predicted molar refractivity (Wildman–Crippen MR) is 73.5 cm³/mol. The Morgan fingerprint density at radius 3 is 2.38 bits per heavy atom. The Bertz CT molecular complexity index is 325. The molecule has 124 valence electrons. The van der Waals surface area contributed by atoms with Gasteiger partial charge in [0, 0.05) is 19.5 Å². The summed E-state index contributed by atoms with van der Waals surface area (Å²) < 4.78 is 28.1. The van der Waals surface area contributed by atoms with Crippen LogP contribution in [0.15, 0.2) is 0 Å². The SMILES string of the molecule is CC(C)(CCNC(=O)NCCOCC(F)F)CCC(=O)O. The van der Waals surface area contributed by atoms with Gasteiger partial charge in [-0.2, -0.15) is 0 Å². The molecule has 0 saturated heterocycles. The molecule has 0 aliphatic rings. The lowest BCUT2D eigenvalue weighted by Crippen LogP contribution is -2.39. The van der Waals surface area contributed by atoms with Gasteiger partial charge in [0.2, 0.25) is 0 Å². The van der Waals surface area contributed by atoms with Gasteiger partial charge in [0.15, 0.2) is 0 Å². The highest BCUT2D eigenvalue weighted by Gasteiger charge is 2.19. The molecular weight excluding hydrogens is 286 g/mol. The van der Waals surface area contributed by atoms with Crippen LogP contribution < -0.4 is 10.6 Å². The molecule has 0 aliphatic carbocycles. The molecule has 0 heterocycles. The molecule has 8 heteroatoms. The van der Waals surface area contributed by atoms with E-state index < -0.39 is 25.0 Å². The normalized spacial score (nSPS) is 11.5. The number of carboxylic acids is 1. The van der Waals surface area contributed by atoms with E-state index in [9.17, 15) is 18.4 Å². The molecule has 0 aromatic carbocycles. The highest BCUT2D eigenvalue weighted by atomic mass is 19.3. The molecule has 0 aromatic rings. The summed E-state index contributed by atoms with van der Waals surface area (Å²) in [5, 5.41) is 13.7. The monoisotopic (exact) mass is 310 g/mol. The maximum Gasteiger partial charge on any atom is 0.314 e. The zero-order chi connectivity index (χ0) is 16.3. The Hall–Kier alpha value is -1.44. The Kier molecular flexibility index (Phi) is 9.60. The zero-order valence-corrected chi connectivity index (χ0v) is 12.5. The van der Waals surface area contributed by atoms with Crippen LogP contribution in [-0.4, -0.2) is 49.8 Å². The van der Waals surface area contributed by atoms with Crippen LogP contribution in [0.25, 0.3) is 0 Å². The summed E-state index contributed by atoms with van der Waals surface area (Å²) in [7, 11) is 0. The number of carboxylic acid groups (broad SMARTS) is 1. The smallest absolute Gasteiger partial charge is 0.314 e. The molecule has 6 nitrogen and oxygen atoms in total. The molecule has 2 amide bonds. The van der Waals surface area contributed by atoms with Crippen molar-refractivity contribution < 1.29 is 28.2 Å². The number of ether oxygens (including phenoxy) is 1. The number of amides is 2. The fourth-order valence-corrected chi connectivity index (χ4v) is 1.56. The van der Waals surface area contributed by atoms with E-state index in [1.54, 1.807) is 0 Å². The molecule has 0 bridgehead atoms. The van der Waals surface area contributed by atoms with E-state index in [0.717, 1.165) is 0 Å². The number of halogens is 2. The number of rotatable bonds is 11. The summed E-state index contributed by atoms with van der Waals surface area (Å²) in [6.45, 7) is 3.83. The third-order valence-electron chi connectivity index (χ3n) is 2.88. The van der Waals surface area contributed by atoms with E-state index in [1.165, 1.54) is 0 Å². The minimum absolute atomic E-state index is 0.0296. The van der Waals surface area contributed by atoms with Crippen molar-refractivity contribution in [1.82, 2.24) is 10.6 Å². The van der Waals surface area contributed by atoms with Crippen molar-refractivity contribution in [2.45, 2.75) is 39.5 Å². The first-order valence-corrected chi connectivity index (χ1v) is 6.82. The highest BCUT2D eigenvalue weighted by Crippen LogP contribution is 2.25. The van der Waals surface area contributed by atoms with Gasteiger partial charge < -0.3 is 20.5 Å². The molecule has 0 aromatic heterocycles. The minimum atomic E-state index is -2.51. The average Bonchev–Trinajstić information content (AvgIpc) is 2.35. The molecule has 0 aliphatic heterocycles. The number of carbonyl (C=O) groups is 2. The molecule has 0 rings (SSSR count). The second-order valence-corrected chi connectivity index (χ2v) is 5.46. The third kappa shape index (κ3) is 13.3. The van der Waals surface area contributed by atoms with E-state index >= 15 is 0 Å². The second-order valence-electron chi connectivity index (χ2n) is 5.46. The van der Waals surface area contributed by atoms with Gasteiger partial charge in [-0.05, 0) is 18.3 Å². The summed E-state index contributed by atoms with van der Waals surface area (Å²) in [5.41, 5.74) is -0.175. The summed E-state index contributed by atoms with van der Waals surface area (Å²) in [6.07, 6.45) is -1.23. The molecule has 21 heavy (non-hydrogen) atoms. The molecular formula is C13H24F2N2O4. The van der Waals surface area contributed by atoms with Gasteiger partial charge in [-0.1, -0.05) is 13.8 Å². The van der Waals surface area contributed by atoms with Crippen molar-refractivity contribution in [3.05, 3.63) is 0 Å². The Balaban J connectivity index is 3.62. The second kappa shape index (κ2) is 10.3. The molecule has 0 fully saturated rings. The van der Waals surface area contributed by atoms with E-state index in [-0.39, 0.29) is 25.0 Å². The molecule has 0 unspecified atom stereocenters. The van der Waals surface area contributed by atoms with E-state index in [0.29, 0.717) is 19.4 Å². The number of hydrogen-bond donors (Lipinski definition) is 3. The third-order valence-corrected chi connectivity index (χ3v) is 2.88. The van der Waals surface area contributed by atoms with Crippen LogP contribution in [0.5, 0.6) is 0 Å². The summed E-state index contributed by atoms with van der Waals surface area (Å²) in [4.78, 5) is 21.9. The van der Waals surface area contributed by atoms with Crippen LogP contribution in [0, 0.1) is 5.41 Å². The van der Waals surface area contributed by atoms with Crippen LogP contribution in [0.3, 0.4) is 0 Å². The highest BCUT2D eigenvalue weighted by molar-refractivity contribution is 5.73. The van der Waals surface area contributed by atoms with Gasteiger partial charge in [-0.3, -0.25) is 4.79 Å². The Morgan fingerprint density at radius 1 is 1.19 bits per heavy atom. The first kappa shape index (κ1) is 19.6. The average molecular weight is 310 g/mol. The van der Waals surface area contributed by atoms with Crippen molar-refractivity contribution in [3.8, 4) is 0 Å². The van der Waals surface area contributed by atoms with Gasteiger partial charge in [0.25, 0.3) is 6.43 Å². The lowest BCUT2D eigenvalue weighted by molar-refractivity contribution is -0.137. The molecule has 0 radical (unpaired) electrons. The quantitative estimate of drug-likeness (QED) is 0.508. The molecule has 3 N–H and O–H groups in total. The van der Waals surface area contributed by atoms with Crippen LogP contribution in [0.1, 0.15) is 33.1 Å². The standard InChI is InChI=1S/C13H24F2N2O4/c1-13(2,4-3-11(18)19)5-6-16-12(20)17-7-8-21-9-10(14)15/h10H,3-9H2,1-2H3,(H,18,19)(H2,16,17,20). The maximum atomic E-state index is 11.8. The molecule has 0 spiro atoms. The van der Waals surface area contributed by atoms with Crippen molar-refractivity contribution >= 4 is 12.0 Å². The van der Waals surface area contributed by atoms with Gasteiger partial charge >= 0.3 is 12.0 Å². The van der Waals surface area contributed by atoms with Crippen LogP contribution in [0.4, 0.5) is 13.6 Å². The van der Waals surface area contributed by atoms with E-state index in [4.69, 9.17) is 5.11 Å². The fourth-order valence-electron chi connectivity index (χ4n) is 1.56. The summed E-state index contributed by atoms with van der Waals surface area (Å²) in [6, 6.07) is -0.398. The number of carbonyl (C=O) groups excluding carboxylic acids is 1. The van der Waals surface area contributed by atoms with Crippen molar-refractivity contribution in [3.63, 3.8) is 0 Å². The zero-order valence-electron chi connectivity index (χ0n) is 12.5. The summed E-state index contributed by atoms with van der Waals surface area (Å²) >= 11 is 0. The fraction of sp³-hybridized carbons (Fsp3) is 0.846. The Labute approximate surface area is 123 Å². The number of aliphatic carboxylic acids is 1. The summed E-state index contributed by atoms with van der Waals surface area (Å²) in [5.74, 6) is -0.836. The predicted octanol–water partition coefficient (Wildman–Crippen LogP) is 1.85. The Morgan fingerprint density at radius 2 is 1.81 bits per heavy atom. The van der Waals surface area contributed by atoms with E-state index in [2.05, 4.69) is 15.4 Å². The van der Waals surface area contributed by atoms with Crippen LogP contribution in [0.2, 0.25) is 0 Å². The van der Waals surface area contributed by atoms with E-state index in [1.807, 2.05) is 13.8 Å².